The van der Waals surface area contributed by atoms with Crippen molar-refractivity contribution < 1.29 is 9.59 Å². The van der Waals surface area contributed by atoms with Crippen LogP contribution in [0.3, 0.4) is 0 Å². The monoisotopic (exact) mass is 245 g/mol. The molecule has 0 spiro atoms. The number of carbonyl (C=O) groups excluding carboxylic acids is 2. The number of nitrogens with one attached hydrogen (secondary N) is 1. The first-order valence-electron chi connectivity index (χ1n) is 5.20. The van der Waals surface area contributed by atoms with Gasteiger partial charge in [-0.1, -0.05) is 23.6 Å². The van der Waals surface area contributed by atoms with Crippen LogP contribution in [0, 0.1) is 11.8 Å². The van der Waals surface area contributed by atoms with Gasteiger partial charge < -0.3 is 5.32 Å². The number of hydrogen-bond donors (Lipinski definition) is 1. The Hall–Kier alpha value is -1.73. The average Bonchev–Trinajstić information content (AvgIpc) is 2.66. The van der Waals surface area contributed by atoms with E-state index in [-0.39, 0.29) is 11.0 Å². The third kappa shape index (κ3) is 2.89. The predicted molar refractivity (Wildman–Crippen MR) is 67.6 cm³/mol. The Balaban J connectivity index is 2.08. The summed E-state index contributed by atoms with van der Waals surface area (Å²) in [5.74, 6) is 6.39. The van der Waals surface area contributed by atoms with Gasteiger partial charge in [-0.3, -0.25) is 9.59 Å². The number of benzene rings is 1. The van der Waals surface area contributed by atoms with Crippen molar-refractivity contribution in [2.75, 3.05) is 5.75 Å². The third-order valence-corrected chi connectivity index (χ3v) is 3.06. The molecule has 4 heteroatoms. The second-order valence-electron chi connectivity index (χ2n) is 3.64. The molecule has 0 saturated carbocycles. The van der Waals surface area contributed by atoms with E-state index in [2.05, 4.69) is 17.2 Å². The molecular formula is C13H11NO2S. The summed E-state index contributed by atoms with van der Waals surface area (Å²) in [5.41, 5.74) is 2.60. The highest BCUT2D eigenvalue weighted by Crippen LogP contribution is 2.16. The highest BCUT2D eigenvalue weighted by molar-refractivity contribution is 8.13. The lowest BCUT2D eigenvalue weighted by Crippen LogP contribution is -2.12. The lowest BCUT2D eigenvalue weighted by Gasteiger charge is -1.95. The second-order valence-corrected chi connectivity index (χ2v) is 4.79. The molecule has 17 heavy (non-hydrogen) atoms. The summed E-state index contributed by atoms with van der Waals surface area (Å²) in [7, 11) is 0. The highest BCUT2D eigenvalue weighted by atomic mass is 32.2. The first-order chi connectivity index (χ1) is 8.16. The van der Waals surface area contributed by atoms with Crippen LogP contribution in [0.5, 0.6) is 0 Å². The smallest absolute Gasteiger partial charge is 0.251 e. The molecule has 1 aromatic carbocycles. The van der Waals surface area contributed by atoms with Crippen LogP contribution in [0.25, 0.3) is 0 Å². The van der Waals surface area contributed by atoms with Crippen molar-refractivity contribution in [1.29, 1.82) is 0 Å². The topological polar surface area (TPSA) is 46.2 Å². The zero-order valence-corrected chi connectivity index (χ0v) is 10.2. The number of thioether (sulfide) groups is 1. The summed E-state index contributed by atoms with van der Waals surface area (Å²) in [6, 6.07) is 5.54. The van der Waals surface area contributed by atoms with Gasteiger partial charge in [0.1, 0.15) is 0 Å². The minimum Gasteiger partial charge on any atom is -0.348 e. The van der Waals surface area contributed by atoms with E-state index < -0.39 is 0 Å². The van der Waals surface area contributed by atoms with E-state index >= 15 is 0 Å². The number of carbonyl (C=O) groups is 2. The summed E-state index contributed by atoms with van der Waals surface area (Å²) in [4.78, 5) is 22.0. The molecule has 0 unspecified atom stereocenters. The Morgan fingerprint density at radius 1 is 1.53 bits per heavy atom. The maximum Gasteiger partial charge on any atom is 0.251 e. The molecule has 2 rings (SSSR count). The fourth-order valence-electron chi connectivity index (χ4n) is 1.59. The molecule has 3 nitrogen and oxygen atoms in total. The van der Waals surface area contributed by atoms with Crippen molar-refractivity contribution in [2.24, 2.45) is 0 Å². The summed E-state index contributed by atoms with van der Waals surface area (Å²) in [6.07, 6.45) is 0. The largest absolute Gasteiger partial charge is 0.348 e. The van der Waals surface area contributed by atoms with Crippen LogP contribution < -0.4 is 5.32 Å². The van der Waals surface area contributed by atoms with E-state index in [1.54, 1.807) is 6.07 Å². The van der Waals surface area contributed by atoms with Crippen LogP contribution in [0.2, 0.25) is 0 Å². The number of hydrogen-bond acceptors (Lipinski definition) is 3. The maximum absolute atomic E-state index is 11.3. The second kappa shape index (κ2) is 5.07. The SMILES string of the molecule is CC(=O)SCC#Cc1ccc2c(c1)CNC2=O. The normalized spacial score (nSPS) is 12.4. The van der Waals surface area contributed by atoms with E-state index in [0.717, 1.165) is 16.7 Å². The molecule has 0 aliphatic carbocycles. The van der Waals surface area contributed by atoms with E-state index in [0.29, 0.717) is 12.3 Å². The molecule has 1 aliphatic heterocycles. The van der Waals surface area contributed by atoms with Crippen molar-refractivity contribution >= 4 is 22.8 Å². The molecule has 0 radical (unpaired) electrons. The van der Waals surface area contributed by atoms with Crippen LogP contribution in [-0.2, 0) is 11.3 Å². The van der Waals surface area contributed by atoms with Gasteiger partial charge in [0.25, 0.3) is 5.91 Å². The number of amides is 1. The number of fused-ring (bicyclic) bond motifs is 1. The summed E-state index contributed by atoms with van der Waals surface area (Å²) >= 11 is 1.20. The van der Waals surface area contributed by atoms with Gasteiger partial charge in [0.15, 0.2) is 5.12 Å². The van der Waals surface area contributed by atoms with E-state index in [4.69, 9.17) is 0 Å². The molecule has 1 amide bonds. The Morgan fingerprint density at radius 2 is 2.35 bits per heavy atom. The Labute approximate surface area is 104 Å². The third-order valence-electron chi connectivity index (χ3n) is 2.37. The standard InChI is InChI=1S/C13H11NO2S/c1-9(15)17-6-2-3-10-4-5-12-11(7-10)8-14-13(12)16/h4-5,7H,6,8H2,1H3,(H,14,16). The maximum atomic E-state index is 11.3. The van der Waals surface area contributed by atoms with Gasteiger partial charge in [-0.05, 0) is 23.8 Å². The van der Waals surface area contributed by atoms with Crippen molar-refractivity contribution in [2.45, 2.75) is 13.5 Å². The van der Waals surface area contributed by atoms with Gasteiger partial charge in [0, 0.05) is 24.6 Å². The van der Waals surface area contributed by atoms with Gasteiger partial charge in [-0.2, -0.15) is 0 Å². The molecular weight excluding hydrogens is 234 g/mol. The fourth-order valence-corrected chi connectivity index (χ4v) is 1.93. The lowest BCUT2D eigenvalue weighted by molar-refractivity contribution is -0.109. The average molecular weight is 245 g/mol. The Morgan fingerprint density at radius 3 is 3.12 bits per heavy atom. The van der Waals surface area contributed by atoms with Crippen molar-refractivity contribution in [3.63, 3.8) is 0 Å². The molecule has 86 valence electrons. The van der Waals surface area contributed by atoms with Gasteiger partial charge in [0.2, 0.25) is 0 Å². The summed E-state index contributed by atoms with van der Waals surface area (Å²) in [5, 5.41) is 2.83. The minimum absolute atomic E-state index is 0.0216. The quantitative estimate of drug-likeness (QED) is 0.764. The van der Waals surface area contributed by atoms with Gasteiger partial charge in [-0.25, -0.2) is 0 Å². The van der Waals surface area contributed by atoms with Crippen molar-refractivity contribution in [1.82, 2.24) is 5.32 Å². The minimum atomic E-state index is -0.0216. The van der Waals surface area contributed by atoms with Gasteiger partial charge in [-0.15, -0.1) is 0 Å². The lowest BCUT2D eigenvalue weighted by atomic mass is 10.1. The zero-order chi connectivity index (χ0) is 12.3. The summed E-state index contributed by atoms with van der Waals surface area (Å²) < 4.78 is 0. The molecule has 0 bridgehead atoms. The van der Waals surface area contributed by atoms with Gasteiger partial charge in [0.05, 0.1) is 5.75 Å². The van der Waals surface area contributed by atoms with E-state index in [9.17, 15) is 9.59 Å². The predicted octanol–water partition coefficient (Wildman–Crippen LogP) is 1.56. The molecule has 0 saturated heterocycles. The molecule has 0 aromatic heterocycles. The van der Waals surface area contributed by atoms with Crippen molar-refractivity contribution in [3.05, 3.63) is 34.9 Å². The molecule has 1 heterocycles. The Bertz CT molecular complexity index is 540. The zero-order valence-electron chi connectivity index (χ0n) is 9.37. The van der Waals surface area contributed by atoms with Gasteiger partial charge >= 0.3 is 0 Å². The molecule has 0 fully saturated rings. The van der Waals surface area contributed by atoms with Crippen LogP contribution in [0.15, 0.2) is 18.2 Å². The van der Waals surface area contributed by atoms with Crippen LogP contribution in [0.1, 0.15) is 28.4 Å². The van der Waals surface area contributed by atoms with E-state index in [1.807, 2.05) is 12.1 Å². The number of rotatable bonds is 1. The molecule has 1 N–H and O–H groups in total. The van der Waals surface area contributed by atoms with Crippen molar-refractivity contribution in [3.8, 4) is 11.8 Å². The molecule has 1 aliphatic rings. The van der Waals surface area contributed by atoms with E-state index in [1.165, 1.54) is 18.7 Å². The summed E-state index contributed by atoms with van der Waals surface area (Å²) in [6.45, 7) is 2.10. The Kier molecular flexibility index (Phi) is 3.50. The first-order valence-corrected chi connectivity index (χ1v) is 6.19. The van der Waals surface area contributed by atoms with Crippen LogP contribution in [-0.4, -0.2) is 16.8 Å². The first kappa shape index (κ1) is 11.7. The molecule has 0 atom stereocenters. The molecule has 1 aromatic rings. The van der Waals surface area contributed by atoms with Crippen LogP contribution in [0.4, 0.5) is 0 Å². The fraction of sp³-hybridized carbons (Fsp3) is 0.231. The van der Waals surface area contributed by atoms with Crippen LogP contribution >= 0.6 is 11.8 Å². The highest BCUT2D eigenvalue weighted by Gasteiger charge is 2.17.